The number of aliphatic carboxylic acids is 1. The maximum Gasteiger partial charge on any atom is 0.335 e. The van der Waals surface area contributed by atoms with Crippen LogP contribution in [-0.2, 0) is 71.3 Å². The van der Waals surface area contributed by atoms with Crippen molar-refractivity contribution >= 4 is 29.8 Å². The van der Waals surface area contributed by atoms with E-state index in [2.05, 4.69) is 30.4 Å². The highest BCUT2D eigenvalue weighted by molar-refractivity contribution is 5.83. The van der Waals surface area contributed by atoms with Crippen LogP contribution in [0.2, 0.25) is 0 Å². The van der Waals surface area contributed by atoms with E-state index in [1.165, 1.54) is 18.2 Å². The molecule has 25 nitrogen and oxygen atoms in total. The van der Waals surface area contributed by atoms with Crippen LogP contribution in [-0.4, -0.2) is 236 Å². The van der Waals surface area contributed by atoms with E-state index in [4.69, 9.17) is 57.6 Å². The summed E-state index contributed by atoms with van der Waals surface area (Å²) in [5.41, 5.74) is 0.592. The number of rotatable bonds is 18. The van der Waals surface area contributed by atoms with Crippen molar-refractivity contribution in [1.29, 1.82) is 0 Å². The number of allylic oxidation sites excluding steroid dienone is 18. The number of esters is 4. The lowest BCUT2D eigenvalue weighted by molar-refractivity contribution is -0.199. The molecule has 10 N–H and O–H groups in total. The van der Waals surface area contributed by atoms with Crippen molar-refractivity contribution in [3.8, 4) is 0 Å². The molecule has 12 bridgehead atoms. The summed E-state index contributed by atoms with van der Waals surface area (Å²) in [6, 6.07) is 0. The van der Waals surface area contributed by atoms with E-state index in [1.54, 1.807) is 67.7 Å². The molecule has 0 radical (unpaired) electrons. The molecule has 9 aliphatic heterocycles. The third-order valence-electron chi connectivity index (χ3n) is 24.8. The fourth-order valence-electron chi connectivity index (χ4n) is 16.4. The molecule has 0 amide bonds. The Bertz CT molecular complexity index is 3960. The average molecular weight is 1740 g/mol. The summed E-state index contributed by atoms with van der Waals surface area (Å²) in [5.74, 6) is -3.53. The van der Waals surface area contributed by atoms with Gasteiger partial charge in [-0.2, -0.15) is 0 Å². The number of carboxylic acid groups (broad SMARTS) is 1. The Labute approximate surface area is 739 Å². The van der Waals surface area contributed by atoms with Crippen molar-refractivity contribution in [3.05, 3.63) is 217 Å². The van der Waals surface area contributed by atoms with Crippen molar-refractivity contribution < 1.29 is 122 Å². The largest absolute Gasteiger partial charge is 0.479 e. The first kappa shape index (κ1) is 104. The molecule has 0 aromatic carbocycles. The summed E-state index contributed by atoms with van der Waals surface area (Å²) in [6.07, 6.45) is 60.3. The second-order valence-electron chi connectivity index (χ2n) is 34.8. The van der Waals surface area contributed by atoms with Crippen LogP contribution in [0.4, 0.5) is 0 Å². The molecule has 0 aliphatic carbocycles. The van der Waals surface area contributed by atoms with Gasteiger partial charge in [0.2, 0.25) is 0 Å². The van der Waals surface area contributed by atoms with Crippen LogP contribution in [0.3, 0.4) is 0 Å². The zero-order valence-corrected chi connectivity index (χ0v) is 74.7. The molecule has 0 saturated carbocycles. The number of hydrogen-bond donors (Lipinski definition) is 10. The number of ether oxygens (including phenoxy) is 10. The molecular weight excluding hydrogens is 1600 g/mol. The third-order valence-corrected chi connectivity index (χ3v) is 24.8. The lowest BCUT2D eigenvalue weighted by Gasteiger charge is -2.47. The Balaban J connectivity index is 0.000000258. The van der Waals surface area contributed by atoms with E-state index in [9.17, 15) is 64.8 Å². The topological polar surface area (TPSA) is 380 Å². The maximum absolute atomic E-state index is 12.9. The highest BCUT2D eigenvalue weighted by atomic mass is 16.6. The molecule has 6 fully saturated rings. The summed E-state index contributed by atoms with van der Waals surface area (Å²) in [6.45, 7) is 18.8. The maximum atomic E-state index is 12.9. The smallest absolute Gasteiger partial charge is 0.335 e. The molecule has 0 aromatic rings. The van der Waals surface area contributed by atoms with Gasteiger partial charge in [0.1, 0.15) is 18.3 Å². The van der Waals surface area contributed by atoms with Crippen LogP contribution in [0, 0.1) is 34.0 Å². The summed E-state index contributed by atoms with van der Waals surface area (Å²) >= 11 is 0. The summed E-state index contributed by atoms with van der Waals surface area (Å²) in [4.78, 5) is 61.0. The van der Waals surface area contributed by atoms with Gasteiger partial charge in [-0.3, -0.25) is 0 Å². The predicted octanol–water partition coefficient (Wildman–Crippen LogP) is 12.9. The molecule has 125 heavy (non-hydrogen) atoms. The number of aliphatic hydroxyl groups is 9. The first-order chi connectivity index (χ1) is 59.9. The molecule has 0 spiro atoms. The van der Waals surface area contributed by atoms with Gasteiger partial charge in [-0.05, 0) is 91.9 Å². The molecular formula is C100H142O25. The number of hydrogen-bond acceptors (Lipinski definition) is 24. The standard InChI is InChI=1S/C35H50O9.C33H46O9.C32H46O7/c1-5-41-34(40)28(37)17-12-13-18-31-35(4,23-36)32-22-27(43-31)16-9-6-8-14-24(2)20-30-25(3)29(38)21-26(42-30)15-10-7-11-19-33(39)44-32;1-22-12-6-4-7-14-25-20-30(33(3,21-34)29(41-25)16-11-10-15-26(35)32(38)39)42-31(37)17-9-5-8-13-24-19-27(36)23(2)28(18-22)40-24;1-23-13-7-4-8-15-26-21-30(32(3,22-34)29(38-26)16-10-6-12-18-33)39-31(36)17-11-5-9-14-25-20-27(35)24(2)28(19-23)37-25/h7-14,16,19-20,25-32,36-38H,5-6,15,17-18,21-23H2,1-4H3;5-12,14,17-18,23-30,34-36H,4,13,15-16,19-21H2,1-3H3,(H,38,39);5-11,13,15,17,19,24-30,33-35H,4,12,14,16,18,20-22H2,1-3H3/b10-7+,13-12-,14-8+,16-9+,19-11+,24-20-;8-5+,11-10-,12-6+,14-7+,17-9+,22-18-;9-5+,10-6-,13-7+,15-8+,17-11+,23-19-/t25-,26+,27-,28?,29+,30-,31+,32-,35+;23-,24+,25-,26?,27+,28-,29+,30-,33+;24-,25+,26-,27+,28-,29+,30-,32+/m111/s1. The van der Waals surface area contributed by atoms with Gasteiger partial charge in [0.15, 0.2) is 12.2 Å². The van der Waals surface area contributed by atoms with E-state index in [-0.39, 0.29) is 125 Å². The van der Waals surface area contributed by atoms with E-state index in [0.717, 1.165) is 16.7 Å². The molecule has 9 heterocycles. The third kappa shape index (κ3) is 33.6. The highest BCUT2D eigenvalue weighted by Crippen LogP contribution is 2.45. The van der Waals surface area contributed by atoms with Crippen molar-refractivity contribution in [2.24, 2.45) is 34.0 Å². The fraction of sp³-hybridized carbons (Fsp3) is 0.590. The van der Waals surface area contributed by atoms with Crippen molar-refractivity contribution in [3.63, 3.8) is 0 Å². The normalized spacial score (nSPS) is 39.7. The van der Waals surface area contributed by atoms with Gasteiger partial charge in [0, 0.05) is 94.0 Å². The SMILES string of the molecule is CC1=C/[C@H]2O[C@@H](C/C=C/C=C/C(=O)O[C@@H]3C[C@@H](/C=C/C\C=C\1)O[C@@H](C/C=C\CC(O)C(=O)O)[C@]3(C)CO)C[C@H](O)[C@H]2C.CC1=C/[C@H]2O[C@@H](C/C=C/C=C/C(=O)O[C@@H]3C[C@@H](/C=C/C\C=C\1)O[C@@H](C/C=C\CCO)[C@]3(C)CO)C[C@H](O)[C@H]2C.CCOC(=O)C(O)C/C=C\C[C@@H]1O[C@@H]2/C=C/C/C=C/C(C)=C\[C@H]3O[C@@H](C/C=C/C=C/C(=O)O[C@H](C2)[C@@]1(C)CO)C[C@H](O)[C@H]3C. The Morgan fingerprint density at radius 1 is 0.440 bits per heavy atom. The van der Waals surface area contributed by atoms with E-state index < -0.39 is 107 Å². The second kappa shape index (κ2) is 53.8. The lowest BCUT2D eigenvalue weighted by Crippen LogP contribution is -2.55. The molecule has 6 saturated heterocycles. The number of carbonyl (C=O) groups is 5. The number of aliphatic hydroxyl groups excluding tert-OH is 9. The van der Waals surface area contributed by atoms with Crippen LogP contribution < -0.4 is 0 Å². The molecule has 26 atom stereocenters. The second-order valence-corrected chi connectivity index (χ2v) is 34.8. The number of fused-ring (bicyclic) bond motifs is 12. The molecule has 2 unspecified atom stereocenters. The Kier molecular flexibility index (Phi) is 44.8. The minimum Gasteiger partial charge on any atom is -0.479 e. The minimum absolute atomic E-state index is 0.00781. The Morgan fingerprint density at radius 2 is 0.760 bits per heavy atom. The Hall–Kier alpha value is -7.93. The molecule has 692 valence electrons. The van der Waals surface area contributed by atoms with Crippen LogP contribution in [0.15, 0.2) is 217 Å². The molecule has 25 heteroatoms. The van der Waals surface area contributed by atoms with Gasteiger partial charge in [0.05, 0.1) is 134 Å². The summed E-state index contributed by atoms with van der Waals surface area (Å²) in [7, 11) is 0. The van der Waals surface area contributed by atoms with E-state index in [0.29, 0.717) is 103 Å². The zero-order chi connectivity index (χ0) is 91.1. The zero-order valence-electron chi connectivity index (χ0n) is 74.7. The molecule has 0 aromatic heterocycles. The van der Waals surface area contributed by atoms with Gasteiger partial charge in [0.25, 0.3) is 0 Å². The van der Waals surface area contributed by atoms with Crippen LogP contribution >= 0.6 is 0 Å². The highest BCUT2D eigenvalue weighted by Gasteiger charge is 2.52. The lowest BCUT2D eigenvalue weighted by atomic mass is 9.73. The van der Waals surface area contributed by atoms with Gasteiger partial charge < -0.3 is 98.4 Å². The number of carbonyl (C=O) groups excluding carboxylic acids is 4. The van der Waals surface area contributed by atoms with Gasteiger partial charge >= 0.3 is 29.8 Å². The van der Waals surface area contributed by atoms with Gasteiger partial charge in [-0.25, -0.2) is 24.0 Å². The van der Waals surface area contributed by atoms with Crippen LogP contribution in [0.1, 0.15) is 185 Å². The minimum atomic E-state index is -1.49. The first-order valence-electron chi connectivity index (χ1n) is 44.6. The number of carboxylic acids is 1. The van der Waals surface area contributed by atoms with E-state index in [1.807, 2.05) is 153 Å². The van der Waals surface area contributed by atoms with Crippen molar-refractivity contribution in [1.82, 2.24) is 0 Å². The molecule has 9 rings (SSSR count). The van der Waals surface area contributed by atoms with Gasteiger partial charge in [-0.15, -0.1) is 0 Å². The van der Waals surface area contributed by atoms with Gasteiger partial charge in [-0.1, -0.05) is 241 Å². The van der Waals surface area contributed by atoms with Crippen LogP contribution in [0.5, 0.6) is 0 Å². The van der Waals surface area contributed by atoms with E-state index >= 15 is 0 Å². The van der Waals surface area contributed by atoms with Crippen LogP contribution in [0.25, 0.3) is 0 Å². The van der Waals surface area contributed by atoms with Crippen molar-refractivity contribution in [2.75, 3.05) is 33.0 Å². The Morgan fingerprint density at radius 3 is 1.06 bits per heavy atom. The summed E-state index contributed by atoms with van der Waals surface area (Å²) in [5, 5.41) is 101. The fourth-order valence-corrected chi connectivity index (χ4v) is 16.4. The van der Waals surface area contributed by atoms with Crippen molar-refractivity contribution in [2.45, 2.75) is 307 Å². The summed E-state index contributed by atoms with van der Waals surface area (Å²) < 4.78 is 60.5. The monoisotopic (exact) mass is 1740 g/mol. The molecule has 9 aliphatic rings. The average Bonchev–Trinajstić information content (AvgIpc) is 0.785. The quantitative estimate of drug-likeness (QED) is 0.0346. The first-order valence-corrected chi connectivity index (χ1v) is 44.6. The predicted molar refractivity (Wildman–Crippen MR) is 478 cm³/mol.